The minimum Gasteiger partial charge on any atom is -0.391 e. The molecule has 2 unspecified atom stereocenters. The summed E-state index contributed by atoms with van der Waals surface area (Å²) in [5.41, 5.74) is 6.64. The van der Waals surface area contributed by atoms with Crippen LogP contribution in [0.25, 0.3) is 16.9 Å². The van der Waals surface area contributed by atoms with E-state index >= 15 is 0 Å². The van der Waals surface area contributed by atoms with E-state index in [1.165, 1.54) is 5.56 Å². The second-order valence-corrected chi connectivity index (χ2v) is 11.6. The molecule has 2 heterocycles. The number of rotatable bonds is 7. The molecular formula is C34H37N5O2. The second kappa shape index (κ2) is 11.2. The predicted molar refractivity (Wildman–Crippen MR) is 166 cm³/mol. The topological polar surface area (TPSA) is 82.8 Å². The second-order valence-electron chi connectivity index (χ2n) is 11.6. The van der Waals surface area contributed by atoms with Crippen molar-refractivity contribution in [3.8, 4) is 11.3 Å². The molecule has 0 aliphatic heterocycles. The molecule has 0 aliphatic rings. The van der Waals surface area contributed by atoms with E-state index in [9.17, 15) is 9.90 Å². The minimum atomic E-state index is -0.617. The molecule has 0 aliphatic carbocycles. The molecule has 7 heteroatoms. The predicted octanol–water partition coefficient (Wildman–Crippen LogP) is 7.16. The monoisotopic (exact) mass is 547 g/mol. The Morgan fingerprint density at radius 3 is 2.34 bits per heavy atom. The zero-order chi connectivity index (χ0) is 29.3. The lowest BCUT2D eigenvalue weighted by Gasteiger charge is -2.32. The third-order valence-corrected chi connectivity index (χ3v) is 7.60. The maximum Gasteiger partial charge on any atom is 0.255 e. The van der Waals surface area contributed by atoms with Gasteiger partial charge in [-0.3, -0.25) is 4.79 Å². The Balaban J connectivity index is 1.54. The molecule has 0 fully saturated rings. The fraction of sp³-hybridized carbons (Fsp3) is 0.265. The Labute approximate surface area is 241 Å². The quantitative estimate of drug-likeness (QED) is 0.226. The highest BCUT2D eigenvalue weighted by Gasteiger charge is 2.26. The highest BCUT2D eigenvalue weighted by atomic mass is 16.3. The summed E-state index contributed by atoms with van der Waals surface area (Å²) >= 11 is 0. The van der Waals surface area contributed by atoms with E-state index in [2.05, 4.69) is 31.1 Å². The average Bonchev–Trinajstić information content (AvgIpc) is 3.43. The summed E-state index contributed by atoms with van der Waals surface area (Å²) in [7, 11) is 0. The summed E-state index contributed by atoms with van der Waals surface area (Å²) in [6.07, 6.45) is 4.96. The summed E-state index contributed by atoms with van der Waals surface area (Å²) in [6.45, 7) is 12.2. The molecule has 0 spiro atoms. The lowest BCUT2D eigenvalue weighted by Crippen LogP contribution is -2.37. The number of aromatic nitrogens is 3. The van der Waals surface area contributed by atoms with Crippen molar-refractivity contribution in [2.24, 2.45) is 0 Å². The molecule has 7 nitrogen and oxygen atoms in total. The fourth-order valence-electron chi connectivity index (χ4n) is 4.93. The fourth-order valence-corrected chi connectivity index (χ4v) is 4.93. The Bertz CT molecular complexity index is 1670. The molecule has 1 amide bonds. The van der Waals surface area contributed by atoms with Crippen molar-refractivity contribution in [2.45, 2.75) is 59.1 Å². The van der Waals surface area contributed by atoms with Crippen LogP contribution in [0.5, 0.6) is 0 Å². The van der Waals surface area contributed by atoms with Crippen LogP contribution < -0.4 is 10.2 Å². The smallest absolute Gasteiger partial charge is 0.255 e. The van der Waals surface area contributed by atoms with Gasteiger partial charge in [0.05, 0.1) is 17.8 Å². The number of aliphatic hydroxyl groups excluding tert-OH is 1. The van der Waals surface area contributed by atoms with Crippen molar-refractivity contribution < 1.29 is 9.90 Å². The van der Waals surface area contributed by atoms with Gasteiger partial charge in [0.15, 0.2) is 11.5 Å². The van der Waals surface area contributed by atoms with Crippen LogP contribution in [-0.2, 0) is 5.41 Å². The number of para-hydroxylation sites is 1. The molecule has 3 aromatic carbocycles. The summed E-state index contributed by atoms with van der Waals surface area (Å²) in [6, 6.07) is 23.2. The number of nitrogens with zero attached hydrogens (tertiary/aromatic N) is 4. The SMILES string of the molecule is Cc1c(NC(=O)c2ccc(C(C)(C)C)cc2)cccc1-c1cn2ccnc2c(N(c2ccccc2)C(C)C(C)O)n1. The zero-order valence-corrected chi connectivity index (χ0v) is 24.5. The van der Waals surface area contributed by atoms with Gasteiger partial charge in [0.2, 0.25) is 0 Å². The number of anilines is 3. The molecule has 41 heavy (non-hydrogen) atoms. The van der Waals surface area contributed by atoms with Gasteiger partial charge in [-0.25, -0.2) is 9.97 Å². The summed E-state index contributed by atoms with van der Waals surface area (Å²) in [5, 5.41) is 13.7. The van der Waals surface area contributed by atoms with Crippen LogP contribution in [0.2, 0.25) is 0 Å². The van der Waals surface area contributed by atoms with Crippen molar-refractivity contribution in [3.63, 3.8) is 0 Å². The van der Waals surface area contributed by atoms with Gasteiger partial charge in [-0.2, -0.15) is 0 Å². The zero-order valence-electron chi connectivity index (χ0n) is 24.5. The molecule has 0 radical (unpaired) electrons. The van der Waals surface area contributed by atoms with Gasteiger partial charge < -0.3 is 19.7 Å². The molecule has 210 valence electrons. The number of nitrogens with one attached hydrogen (secondary N) is 1. The van der Waals surface area contributed by atoms with Gasteiger partial charge in [-0.15, -0.1) is 0 Å². The number of hydrogen-bond donors (Lipinski definition) is 2. The van der Waals surface area contributed by atoms with Crippen LogP contribution in [0.3, 0.4) is 0 Å². The first kappa shape index (κ1) is 28.1. The van der Waals surface area contributed by atoms with Crippen LogP contribution in [0, 0.1) is 6.92 Å². The van der Waals surface area contributed by atoms with Crippen LogP contribution in [0.1, 0.15) is 56.1 Å². The highest BCUT2D eigenvalue weighted by molar-refractivity contribution is 6.05. The largest absolute Gasteiger partial charge is 0.391 e. The van der Waals surface area contributed by atoms with E-state index in [4.69, 9.17) is 4.98 Å². The van der Waals surface area contributed by atoms with E-state index < -0.39 is 6.10 Å². The molecule has 2 aromatic heterocycles. The maximum absolute atomic E-state index is 13.2. The van der Waals surface area contributed by atoms with E-state index in [-0.39, 0.29) is 17.4 Å². The van der Waals surface area contributed by atoms with Gasteiger partial charge >= 0.3 is 0 Å². The van der Waals surface area contributed by atoms with E-state index in [0.717, 1.165) is 28.2 Å². The molecule has 0 saturated heterocycles. The third kappa shape index (κ3) is 5.72. The lowest BCUT2D eigenvalue weighted by atomic mass is 9.86. The van der Waals surface area contributed by atoms with Crippen molar-refractivity contribution >= 4 is 28.7 Å². The molecule has 2 atom stereocenters. The standard InChI is InChI=1S/C34H37N5O2/c1-22-28(13-10-14-29(22)37-33(41)25-15-17-26(18-16-25)34(4,5)6)30-21-38-20-19-35-31(38)32(36-30)39(23(2)24(3)40)27-11-8-7-9-12-27/h7-21,23-24,40H,1-6H3,(H,37,41). The Hall–Kier alpha value is -4.49. The van der Waals surface area contributed by atoms with Gasteiger partial charge in [-0.05, 0) is 67.6 Å². The number of amides is 1. The normalized spacial score (nSPS) is 13.1. The molecule has 5 rings (SSSR count). The van der Waals surface area contributed by atoms with Crippen LogP contribution in [0.4, 0.5) is 17.2 Å². The van der Waals surface area contributed by atoms with Crippen LogP contribution in [0.15, 0.2) is 91.4 Å². The lowest BCUT2D eigenvalue weighted by molar-refractivity contribution is 0.102. The number of aliphatic hydroxyl groups is 1. The van der Waals surface area contributed by atoms with Gasteiger partial charge in [0, 0.05) is 41.1 Å². The Kier molecular flexibility index (Phi) is 7.65. The van der Waals surface area contributed by atoms with Gasteiger partial charge in [0.25, 0.3) is 5.91 Å². The third-order valence-electron chi connectivity index (χ3n) is 7.60. The van der Waals surface area contributed by atoms with Crippen molar-refractivity contribution in [1.82, 2.24) is 14.4 Å². The number of carbonyl (C=O) groups is 1. The molecule has 0 bridgehead atoms. The summed E-state index contributed by atoms with van der Waals surface area (Å²) < 4.78 is 1.95. The Morgan fingerprint density at radius 2 is 1.68 bits per heavy atom. The van der Waals surface area contributed by atoms with Crippen LogP contribution in [-0.4, -0.2) is 37.5 Å². The molecule has 0 saturated carbocycles. The summed E-state index contributed by atoms with van der Waals surface area (Å²) in [4.78, 5) is 24.9. The van der Waals surface area contributed by atoms with E-state index in [1.807, 2.05) is 108 Å². The number of hydrogen-bond acceptors (Lipinski definition) is 5. The van der Waals surface area contributed by atoms with Crippen molar-refractivity contribution in [3.05, 3.63) is 108 Å². The van der Waals surface area contributed by atoms with E-state index in [1.54, 1.807) is 13.1 Å². The first-order valence-electron chi connectivity index (χ1n) is 13.9. The molecule has 2 N–H and O–H groups in total. The molecule has 5 aromatic rings. The van der Waals surface area contributed by atoms with Crippen LogP contribution >= 0.6 is 0 Å². The highest BCUT2D eigenvalue weighted by Crippen LogP contribution is 2.34. The summed E-state index contributed by atoms with van der Waals surface area (Å²) in [5.74, 6) is 0.477. The molecular weight excluding hydrogens is 510 g/mol. The minimum absolute atomic E-state index is 0.0191. The first-order valence-corrected chi connectivity index (χ1v) is 13.9. The van der Waals surface area contributed by atoms with Crippen molar-refractivity contribution in [1.29, 1.82) is 0 Å². The number of imidazole rings is 1. The number of carbonyl (C=O) groups excluding carboxylic acids is 1. The van der Waals surface area contributed by atoms with Gasteiger partial charge in [0.1, 0.15) is 0 Å². The number of benzene rings is 3. The Morgan fingerprint density at radius 1 is 0.976 bits per heavy atom. The van der Waals surface area contributed by atoms with E-state index in [0.29, 0.717) is 17.0 Å². The van der Waals surface area contributed by atoms with Gasteiger partial charge in [-0.1, -0.05) is 63.2 Å². The number of fused-ring (bicyclic) bond motifs is 1. The maximum atomic E-state index is 13.2. The average molecular weight is 548 g/mol. The first-order chi connectivity index (χ1) is 19.5. The van der Waals surface area contributed by atoms with Crippen molar-refractivity contribution in [2.75, 3.05) is 10.2 Å².